The Balaban J connectivity index is 1.20. The van der Waals surface area contributed by atoms with Crippen molar-refractivity contribution in [3.63, 3.8) is 0 Å². The Hall–Kier alpha value is -6.70. The molecule has 0 spiro atoms. The van der Waals surface area contributed by atoms with Crippen LogP contribution in [0.3, 0.4) is 0 Å². The standard InChI is InChI=1S/C50H35N/c1-2-11-36(12-3-1)37-23-25-38(26-24-37)39-27-31-44(32-28-39)51(45-33-29-42(30-34-45)49-21-9-15-40-13-4-6-19-47(40)49)46-18-8-17-43(35-46)50-22-10-16-41-14-5-7-20-48(41)50/h1-35H/i27D,28D,31D,32D. The van der Waals surface area contributed by atoms with Crippen molar-refractivity contribution < 1.29 is 5.48 Å². The maximum atomic E-state index is 9.49. The summed E-state index contributed by atoms with van der Waals surface area (Å²) < 4.78 is 37.6. The Morgan fingerprint density at radius 3 is 1.41 bits per heavy atom. The summed E-state index contributed by atoms with van der Waals surface area (Å²) >= 11 is 0. The highest BCUT2D eigenvalue weighted by molar-refractivity contribution is 5.98. The zero-order valence-electron chi connectivity index (χ0n) is 31.8. The highest BCUT2D eigenvalue weighted by atomic mass is 15.1. The first kappa shape index (κ1) is 26.2. The largest absolute Gasteiger partial charge is 0.310 e. The fourth-order valence-corrected chi connectivity index (χ4v) is 6.99. The predicted molar refractivity (Wildman–Crippen MR) is 218 cm³/mol. The summed E-state index contributed by atoms with van der Waals surface area (Å²) in [5.41, 5.74) is 8.83. The monoisotopic (exact) mass is 653 g/mol. The summed E-state index contributed by atoms with van der Waals surface area (Å²) in [7, 11) is 0. The molecule has 0 amide bonds. The minimum absolute atomic E-state index is 0.0916. The number of nitrogens with zero attached hydrogens (tertiary/aromatic N) is 1. The number of hydrogen-bond acceptors (Lipinski definition) is 1. The third-order valence-corrected chi connectivity index (χ3v) is 9.55. The molecule has 0 radical (unpaired) electrons. The van der Waals surface area contributed by atoms with E-state index < -0.39 is 0 Å². The van der Waals surface area contributed by atoms with Gasteiger partial charge in [-0.3, -0.25) is 0 Å². The van der Waals surface area contributed by atoms with E-state index in [-0.39, 0.29) is 35.4 Å². The quantitative estimate of drug-likeness (QED) is 0.165. The zero-order valence-corrected chi connectivity index (χ0v) is 27.8. The van der Waals surface area contributed by atoms with Crippen LogP contribution in [0, 0.1) is 0 Å². The highest BCUT2D eigenvalue weighted by Gasteiger charge is 2.15. The topological polar surface area (TPSA) is 3.24 Å². The Bertz CT molecular complexity index is 2810. The van der Waals surface area contributed by atoms with Gasteiger partial charge in [0.1, 0.15) is 0 Å². The third kappa shape index (κ3) is 5.96. The van der Waals surface area contributed by atoms with Crippen LogP contribution in [0.4, 0.5) is 17.1 Å². The third-order valence-electron chi connectivity index (χ3n) is 9.55. The average Bonchev–Trinajstić information content (AvgIpc) is 3.25. The molecule has 0 aliphatic rings. The molecule has 1 nitrogen and oxygen atoms in total. The van der Waals surface area contributed by atoms with Crippen molar-refractivity contribution in [3.8, 4) is 44.5 Å². The molecule has 240 valence electrons. The van der Waals surface area contributed by atoms with Crippen LogP contribution in [0.15, 0.2) is 212 Å². The van der Waals surface area contributed by atoms with Gasteiger partial charge in [-0.2, -0.15) is 0 Å². The fourth-order valence-electron chi connectivity index (χ4n) is 6.99. The molecule has 0 bridgehead atoms. The average molecular weight is 654 g/mol. The summed E-state index contributed by atoms with van der Waals surface area (Å²) in [6.07, 6.45) is 0. The van der Waals surface area contributed by atoms with Crippen molar-refractivity contribution in [2.45, 2.75) is 0 Å². The second-order valence-corrected chi connectivity index (χ2v) is 12.7. The molecule has 0 N–H and O–H groups in total. The molecular formula is C50H35N. The first-order chi connectivity index (χ1) is 27.0. The summed E-state index contributed by atoms with van der Waals surface area (Å²) in [6, 6.07) is 62.8. The Labute approximate surface area is 305 Å². The first-order valence-corrected chi connectivity index (χ1v) is 17.2. The molecule has 51 heavy (non-hydrogen) atoms. The van der Waals surface area contributed by atoms with Crippen molar-refractivity contribution in [3.05, 3.63) is 212 Å². The predicted octanol–water partition coefficient (Wildman–Crippen LogP) is 14.1. The second kappa shape index (κ2) is 13.3. The fraction of sp³-hybridized carbons (Fsp3) is 0. The van der Waals surface area contributed by atoms with Crippen LogP contribution in [0.5, 0.6) is 0 Å². The number of anilines is 3. The molecule has 9 rings (SSSR count). The molecule has 0 atom stereocenters. The maximum absolute atomic E-state index is 9.49. The van der Waals surface area contributed by atoms with E-state index in [1.54, 1.807) is 0 Å². The Morgan fingerprint density at radius 2 is 0.765 bits per heavy atom. The molecule has 0 saturated heterocycles. The second-order valence-electron chi connectivity index (χ2n) is 12.7. The summed E-state index contributed by atoms with van der Waals surface area (Å²) in [4.78, 5) is 1.87. The van der Waals surface area contributed by atoms with Crippen molar-refractivity contribution in [2.24, 2.45) is 0 Å². The highest BCUT2D eigenvalue weighted by Crippen LogP contribution is 2.40. The van der Waals surface area contributed by atoms with Crippen LogP contribution in [0.1, 0.15) is 5.48 Å². The van der Waals surface area contributed by atoms with Gasteiger partial charge in [0.2, 0.25) is 0 Å². The maximum Gasteiger partial charge on any atom is 0.0645 e. The lowest BCUT2D eigenvalue weighted by atomic mass is 9.97. The molecule has 0 aliphatic heterocycles. The normalized spacial score (nSPS) is 12.2. The van der Waals surface area contributed by atoms with Crippen LogP contribution in [0.2, 0.25) is 0 Å². The smallest absolute Gasteiger partial charge is 0.0645 e. The molecule has 1 heteroatoms. The van der Waals surface area contributed by atoms with Crippen LogP contribution < -0.4 is 4.90 Å². The minimum Gasteiger partial charge on any atom is -0.310 e. The van der Waals surface area contributed by atoms with Crippen molar-refractivity contribution in [1.29, 1.82) is 0 Å². The number of rotatable bonds is 7. The van der Waals surface area contributed by atoms with E-state index in [0.717, 1.165) is 66.3 Å². The van der Waals surface area contributed by atoms with E-state index >= 15 is 0 Å². The van der Waals surface area contributed by atoms with Gasteiger partial charge in [-0.25, -0.2) is 0 Å². The molecular weight excluding hydrogens is 615 g/mol. The van der Waals surface area contributed by atoms with Crippen LogP contribution >= 0.6 is 0 Å². The van der Waals surface area contributed by atoms with E-state index in [4.69, 9.17) is 0 Å². The molecule has 0 aromatic heterocycles. The van der Waals surface area contributed by atoms with Gasteiger partial charge in [0.05, 0.1) is 5.48 Å². The molecule has 0 saturated carbocycles. The lowest BCUT2D eigenvalue weighted by Gasteiger charge is -2.26. The molecule has 9 aromatic carbocycles. The summed E-state index contributed by atoms with van der Waals surface area (Å²) in [5.74, 6) is 0. The van der Waals surface area contributed by atoms with E-state index in [9.17, 15) is 5.48 Å². The van der Waals surface area contributed by atoms with Crippen molar-refractivity contribution in [1.82, 2.24) is 0 Å². The molecule has 0 fully saturated rings. The SMILES string of the molecule is [2H]c1c([2H])c(N(c2ccc(-c3cccc4ccccc34)cc2)c2cccc(-c3cccc4ccccc34)c2)c([2H])c([2H])c1-c1ccc(-c2ccccc2)cc1. The van der Waals surface area contributed by atoms with Gasteiger partial charge in [-0.15, -0.1) is 0 Å². The Kier molecular flexibility index (Phi) is 6.84. The lowest BCUT2D eigenvalue weighted by molar-refractivity contribution is 1.28. The van der Waals surface area contributed by atoms with Gasteiger partial charge in [0.15, 0.2) is 0 Å². The Morgan fingerprint density at radius 1 is 0.294 bits per heavy atom. The molecule has 9 aromatic rings. The van der Waals surface area contributed by atoms with Crippen molar-refractivity contribution >= 4 is 38.6 Å². The van der Waals surface area contributed by atoms with Gasteiger partial charge in [0.25, 0.3) is 0 Å². The number of hydrogen-bond donors (Lipinski definition) is 0. The van der Waals surface area contributed by atoms with E-state index in [1.165, 1.54) is 0 Å². The van der Waals surface area contributed by atoms with Crippen LogP contribution in [-0.2, 0) is 0 Å². The first-order valence-electron chi connectivity index (χ1n) is 19.2. The summed E-state index contributed by atoms with van der Waals surface area (Å²) in [6.45, 7) is 0. The van der Waals surface area contributed by atoms with Gasteiger partial charge in [0, 0.05) is 17.1 Å². The van der Waals surface area contributed by atoms with E-state index in [2.05, 4.69) is 91.0 Å². The minimum atomic E-state index is -0.114. The van der Waals surface area contributed by atoms with Gasteiger partial charge >= 0.3 is 0 Å². The molecule has 0 aliphatic carbocycles. The molecule has 0 unspecified atom stereocenters. The van der Waals surface area contributed by atoms with Crippen molar-refractivity contribution in [2.75, 3.05) is 4.90 Å². The van der Waals surface area contributed by atoms with Gasteiger partial charge < -0.3 is 4.90 Å². The number of fused-ring (bicyclic) bond motifs is 2. The van der Waals surface area contributed by atoms with E-state index in [0.29, 0.717) is 5.56 Å². The lowest BCUT2D eigenvalue weighted by Crippen LogP contribution is -2.10. The zero-order chi connectivity index (χ0) is 37.5. The van der Waals surface area contributed by atoms with Gasteiger partial charge in [-0.1, -0.05) is 176 Å². The molecule has 0 heterocycles. The number of benzene rings is 9. The van der Waals surface area contributed by atoms with Crippen LogP contribution in [0.25, 0.3) is 66.1 Å². The van der Waals surface area contributed by atoms with E-state index in [1.807, 2.05) is 102 Å². The van der Waals surface area contributed by atoms with Crippen LogP contribution in [-0.4, -0.2) is 0 Å². The van der Waals surface area contributed by atoms with Gasteiger partial charge in [-0.05, 0) is 102 Å². The summed E-state index contributed by atoms with van der Waals surface area (Å²) in [5, 5.41) is 4.58.